The molecule has 1 N–H and O–H groups in total. The van der Waals surface area contributed by atoms with E-state index < -0.39 is 12.1 Å². The Hall–Kier alpha value is -3.31. The maximum absolute atomic E-state index is 12.6. The number of anilines is 1. The molecule has 272 valence electrons. The van der Waals surface area contributed by atoms with Crippen molar-refractivity contribution in [3.63, 3.8) is 0 Å². The van der Waals surface area contributed by atoms with Gasteiger partial charge in [-0.3, -0.25) is 5.32 Å². The molecule has 4 atom stereocenters. The molecule has 4 rings (SSSR count). The van der Waals surface area contributed by atoms with E-state index in [1.54, 1.807) is 23.1 Å². The third kappa shape index (κ3) is 14.1. The largest absolute Gasteiger partial charge is 0.491 e. The Kier molecular flexibility index (Phi) is 16.2. The van der Waals surface area contributed by atoms with Crippen molar-refractivity contribution in [2.24, 2.45) is 17.8 Å². The van der Waals surface area contributed by atoms with Crippen LogP contribution in [0.3, 0.4) is 0 Å². The highest BCUT2D eigenvalue weighted by Gasteiger charge is 2.26. The van der Waals surface area contributed by atoms with E-state index in [1.807, 2.05) is 36.4 Å². The Morgan fingerprint density at radius 1 is 1.00 bits per heavy atom. The van der Waals surface area contributed by atoms with E-state index >= 15 is 0 Å². The molecule has 0 radical (unpaired) electrons. The number of hydrogen-bond acceptors (Lipinski definition) is 9. The van der Waals surface area contributed by atoms with Crippen LogP contribution in [-0.2, 0) is 30.2 Å². The molecule has 10 heteroatoms. The van der Waals surface area contributed by atoms with Gasteiger partial charge in [-0.05, 0) is 89.8 Å². The lowest BCUT2D eigenvalue weighted by atomic mass is 9.77. The highest BCUT2D eigenvalue weighted by molar-refractivity contribution is 7.99. The number of ether oxygens (including phenoxy) is 5. The van der Waals surface area contributed by atoms with Crippen LogP contribution >= 0.6 is 23.1 Å². The second-order valence-corrected chi connectivity index (χ2v) is 15.5. The van der Waals surface area contributed by atoms with Crippen LogP contribution in [0.1, 0.15) is 64.5 Å². The summed E-state index contributed by atoms with van der Waals surface area (Å²) >= 11 is 3.47. The summed E-state index contributed by atoms with van der Waals surface area (Å²) in [5, 5.41) is 6.93. The molecule has 3 aromatic rings. The van der Waals surface area contributed by atoms with Crippen molar-refractivity contribution in [3.8, 4) is 5.75 Å². The van der Waals surface area contributed by atoms with E-state index in [-0.39, 0.29) is 25.4 Å². The predicted octanol–water partition coefficient (Wildman–Crippen LogP) is 9.41. The van der Waals surface area contributed by atoms with Gasteiger partial charge in [-0.15, -0.1) is 11.8 Å². The zero-order valence-corrected chi connectivity index (χ0v) is 31.7. The molecule has 0 spiro atoms. The molecule has 4 unspecified atom stereocenters. The summed E-state index contributed by atoms with van der Waals surface area (Å²) in [6, 6.07) is 18.2. The van der Waals surface area contributed by atoms with Gasteiger partial charge in [-0.25, -0.2) is 9.59 Å². The first-order valence-corrected chi connectivity index (χ1v) is 19.5. The predicted molar refractivity (Wildman–Crippen MR) is 202 cm³/mol. The molecule has 2 heterocycles. The van der Waals surface area contributed by atoms with E-state index in [9.17, 15) is 9.59 Å². The normalized spacial score (nSPS) is 15.7. The van der Waals surface area contributed by atoms with Crippen molar-refractivity contribution in [2.45, 2.75) is 76.9 Å². The lowest BCUT2D eigenvalue weighted by Crippen LogP contribution is -2.26. The maximum atomic E-state index is 12.6. The summed E-state index contributed by atoms with van der Waals surface area (Å²) in [5.41, 5.74) is 3.52. The first-order chi connectivity index (χ1) is 24.1. The average Bonchev–Trinajstić information content (AvgIpc) is 3.77. The topological polar surface area (TPSA) is 95.6 Å². The smallest absolute Gasteiger partial charge is 0.411 e. The Morgan fingerprint density at radius 2 is 1.72 bits per heavy atom. The lowest BCUT2D eigenvalue weighted by molar-refractivity contribution is -0.140. The van der Waals surface area contributed by atoms with Crippen LogP contribution < -0.4 is 10.1 Å². The van der Waals surface area contributed by atoms with E-state index in [0.29, 0.717) is 54.6 Å². The summed E-state index contributed by atoms with van der Waals surface area (Å²) < 4.78 is 28.1. The molecular formula is C40H53NO7S2. The van der Waals surface area contributed by atoms with Crippen LogP contribution in [0.25, 0.3) is 0 Å². The minimum Gasteiger partial charge on any atom is -0.491 e. The minimum atomic E-state index is -0.592. The minimum absolute atomic E-state index is 0.0353. The van der Waals surface area contributed by atoms with Crippen molar-refractivity contribution in [1.82, 2.24) is 0 Å². The Balaban J connectivity index is 1.16. The van der Waals surface area contributed by atoms with Gasteiger partial charge in [-0.1, -0.05) is 65.5 Å². The summed E-state index contributed by atoms with van der Waals surface area (Å²) in [6.45, 7) is 16.7. The summed E-state index contributed by atoms with van der Waals surface area (Å²) in [7, 11) is 0. The number of thiophene rings is 1. The van der Waals surface area contributed by atoms with E-state index in [1.165, 1.54) is 16.0 Å². The van der Waals surface area contributed by atoms with Crippen LogP contribution in [0.5, 0.6) is 5.75 Å². The van der Waals surface area contributed by atoms with Gasteiger partial charge >= 0.3 is 12.1 Å². The number of epoxide rings is 1. The molecule has 1 saturated heterocycles. The van der Waals surface area contributed by atoms with Crippen molar-refractivity contribution < 1.29 is 33.3 Å². The van der Waals surface area contributed by atoms with E-state index in [2.05, 4.69) is 75.5 Å². The Bertz CT molecular complexity index is 1450. The Labute approximate surface area is 306 Å². The van der Waals surface area contributed by atoms with Gasteiger partial charge < -0.3 is 23.7 Å². The van der Waals surface area contributed by atoms with Crippen LogP contribution in [0.4, 0.5) is 10.5 Å². The van der Waals surface area contributed by atoms with Crippen LogP contribution in [-0.4, -0.2) is 63.1 Å². The molecular weight excluding hydrogens is 671 g/mol. The molecule has 0 aliphatic carbocycles. The number of rotatable bonds is 22. The summed E-state index contributed by atoms with van der Waals surface area (Å²) in [6.07, 6.45) is 1.87. The molecule has 1 amide bonds. The average molecular weight is 724 g/mol. The van der Waals surface area contributed by atoms with Gasteiger partial charge in [0.1, 0.15) is 37.8 Å². The Morgan fingerprint density at radius 3 is 2.36 bits per heavy atom. The van der Waals surface area contributed by atoms with Crippen molar-refractivity contribution >= 4 is 40.8 Å². The van der Waals surface area contributed by atoms with Gasteiger partial charge in [0.05, 0.1) is 13.2 Å². The summed E-state index contributed by atoms with van der Waals surface area (Å²) in [4.78, 5) is 26.0. The number of benzene rings is 2. The number of carbonyl (C=O) groups is 2. The second kappa shape index (κ2) is 20.5. The van der Waals surface area contributed by atoms with Gasteiger partial charge in [0.25, 0.3) is 0 Å². The van der Waals surface area contributed by atoms with Gasteiger partial charge in [0.2, 0.25) is 0 Å². The standard InChI is InChI=1S/C40H53NO7S2/c1-27(2)21-31-9-13-33(14-10-31)41-40(43)45-19-18-44-39(42)30(6)8-7-29(5)38(28(3)4)32-11-15-34(16-12-32)46-24-36(48-23-35-22-47-35)25-50-37-17-20-49-26-37/h9-17,20,26-29,35-36,38H,6-8,18-19,21-25H2,1-5H3,(H,41,43). The SMILES string of the molecule is C=C(CCC(C)C(c1ccc(OCC(CSc2ccsc2)OCC2CO2)cc1)C(C)C)C(=O)OCCOC(=O)Nc1ccc(CC(C)C)cc1. The quantitative estimate of drug-likeness (QED) is 0.0360. The number of hydrogen-bond donors (Lipinski definition) is 1. The molecule has 1 fully saturated rings. The third-order valence-electron chi connectivity index (χ3n) is 8.47. The van der Waals surface area contributed by atoms with Crippen LogP contribution in [0.15, 0.2) is 82.4 Å². The number of esters is 1. The van der Waals surface area contributed by atoms with E-state index in [4.69, 9.17) is 23.7 Å². The summed E-state index contributed by atoms with van der Waals surface area (Å²) in [5.74, 6) is 2.71. The van der Waals surface area contributed by atoms with Crippen molar-refractivity contribution in [3.05, 3.63) is 88.6 Å². The third-order valence-corrected chi connectivity index (χ3v) is 10.4. The highest BCUT2D eigenvalue weighted by atomic mass is 32.2. The molecule has 1 aliphatic rings. The van der Waals surface area contributed by atoms with Crippen molar-refractivity contribution in [1.29, 1.82) is 0 Å². The fourth-order valence-electron chi connectivity index (χ4n) is 5.83. The first kappa shape index (κ1) is 39.5. The highest BCUT2D eigenvalue weighted by Crippen LogP contribution is 2.36. The molecule has 8 nitrogen and oxygen atoms in total. The number of amides is 1. The number of nitrogens with one attached hydrogen (secondary N) is 1. The molecule has 1 aromatic heterocycles. The molecule has 1 aliphatic heterocycles. The zero-order valence-electron chi connectivity index (χ0n) is 30.1. The molecule has 0 bridgehead atoms. The van der Waals surface area contributed by atoms with Crippen LogP contribution in [0, 0.1) is 17.8 Å². The van der Waals surface area contributed by atoms with Crippen molar-refractivity contribution in [2.75, 3.05) is 44.1 Å². The van der Waals surface area contributed by atoms with E-state index in [0.717, 1.165) is 31.0 Å². The molecule has 50 heavy (non-hydrogen) atoms. The lowest BCUT2D eigenvalue weighted by Gasteiger charge is -2.28. The number of carbonyl (C=O) groups excluding carboxylic acids is 2. The van der Waals surface area contributed by atoms with Gasteiger partial charge in [-0.2, -0.15) is 11.3 Å². The van der Waals surface area contributed by atoms with Gasteiger partial charge in [0.15, 0.2) is 0 Å². The molecule has 2 aromatic carbocycles. The number of thioether (sulfide) groups is 1. The van der Waals surface area contributed by atoms with Gasteiger partial charge in [0, 0.05) is 27.3 Å². The van der Waals surface area contributed by atoms with Crippen LogP contribution in [0.2, 0.25) is 0 Å². The fourth-order valence-corrected chi connectivity index (χ4v) is 7.60. The first-order valence-electron chi connectivity index (χ1n) is 17.6. The zero-order chi connectivity index (χ0) is 35.9. The second-order valence-electron chi connectivity index (χ2n) is 13.6. The fraction of sp³-hybridized carbons (Fsp3) is 0.500. The maximum Gasteiger partial charge on any atom is 0.411 e. The monoisotopic (exact) mass is 723 g/mol. The molecule has 0 saturated carbocycles.